The third-order valence-electron chi connectivity index (χ3n) is 3.53. The molecule has 1 fully saturated rings. The minimum absolute atomic E-state index is 0.158. The van der Waals surface area contributed by atoms with Gasteiger partial charge in [-0.25, -0.2) is 0 Å². The molecule has 1 aromatic heterocycles. The van der Waals surface area contributed by atoms with Gasteiger partial charge in [-0.3, -0.25) is 4.79 Å². The first kappa shape index (κ1) is 12.4. The monoisotopic (exact) mass is 234 g/mol. The van der Waals surface area contributed by atoms with Crippen LogP contribution in [-0.2, 0) is 6.54 Å². The van der Waals surface area contributed by atoms with Crippen LogP contribution in [0.2, 0.25) is 0 Å². The molecule has 1 aliphatic rings. The van der Waals surface area contributed by atoms with Crippen LogP contribution in [0.25, 0.3) is 0 Å². The molecule has 0 atom stereocenters. The molecule has 0 spiro atoms. The van der Waals surface area contributed by atoms with Crippen molar-refractivity contribution in [2.24, 2.45) is 0 Å². The highest BCUT2D eigenvalue weighted by atomic mass is 16.1. The molecule has 2 heterocycles. The topological polar surface area (TPSA) is 25.2 Å². The number of piperidine rings is 1. The zero-order valence-corrected chi connectivity index (χ0v) is 10.7. The second-order valence-corrected chi connectivity index (χ2v) is 4.95. The first-order valence-corrected chi connectivity index (χ1v) is 6.66. The molecular formula is C14H22N2O. The zero-order valence-electron chi connectivity index (χ0n) is 10.7. The van der Waals surface area contributed by atoms with E-state index in [1.807, 2.05) is 29.8 Å². The van der Waals surface area contributed by atoms with Crippen molar-refractivity contribution < 1.29 is 0 Å². The molecule has 0 amide bonds. The molecule has 1 saturated heterocycles. The summed E-state index contributed by atoms with van der Waals surface area (Å²) in [5, 5.41) is 0. The van der Waals surface area contributed by atoms with Gasteiger partial charge in [0, 0.05) is 18.3 Å². The smallest absolute Gasteiger partial charge is 0.253 e. The Morgan fingerprint density at radius 2 is 1.94 bits per heavy atom. The van der Waals surface area contributed by atoms with Crippen LogP contribution in [-0.4, -0.2) is 29.1 Å². The summed E-state index contributed by atoms with van der Waals surface area (Å²) in [6, 6.07) is 3.83. The van der Waals surface area contributed by atoms with Gasteiger partial charge in [0.2, 0.25) is 0 Å². The van der Waals surface area contributed by atoms with Crippen molar-refractivity contribution in [3.63, 3.8) is 0 Å². The van der Waals surface area contributed by atoms with Crippen molar-refractivity contribution in [3.8, 4) is 0 Å². The third kappa shape index (κ3) is 3.43. The molecule has 3 nitrogen and oxygen atoms in total. The minimum Gasteiger partial charge on any atom is -0.315 e. The molecule has 0 aromatic carbocycles. The zero-order chi connectivity index (χ0) is 12.1. The normalized spacial score (nSPS) is 17.2. The summed E-state index contributed by atoms with van der Waals surface area (Å²) >= 11 is 0. The van der Waals surface area contributed by atoms with Crippen molar-refractivity contribution in [2.75, 3.05) is 19.6 Å². The average Bonchev–Trinajstić information content (AvgIpc) is 2.36. The highest BCUT2D eigenvalue weighted by Gasteiger charge is 2.09. The molecular weight excluding hydrogens is 212 g/mol. The van der Waals surface area contributed by atoms with Crippen molar-refractivity contribution in [1.82, 2.24) is 9.47 Å². The minimum atomic E-state index is 0.158. The molecule has 0 bridgehead atoms. The Hall–Kier alpha value is -1.09. The molecule has 1 aromatic rings. The van der Waals surface area contributed by atoms with E-state index in [-0.39, 0.29) is 5.56 Å². The van der Waals surface area contributed by atoms with Crippen molar-refractivity contribution in [3.05, 3.63) is 34.2 Å². The van der Waals surface area contributed by atoms with Gasteiger partial charge in [0.25, 0.3) is 5.56 Å². The first-order valence-electron chi connectivity index (χ1n) is 6.66. The second kappa shape index (κ2) is 6.01. The Morgan fingerprint density at radius 3 is 2.71 bits per heavy atom. The summed E-state index contributed by atoms with van der Waals surface area (Å²) < 4.78 is 1.83. The highest BCUT2D eigenvalue weighted by Crippen LogP contribution is 2.08. The van der Waals surface area contributed by atoms with Crippen molar-refractivity contribution >= 4 is 0 Å². The SMILES string of the molecule is Cc1cccn(CCCN2CCCCC2)c1=O. The van der Waals surface area contributed by atoms with E-state index in [9.17, 15) is 4.79 Å². The fourth-order valence-corrected chi connectivity index (χ4v) is 2.48. The maximum absolute atomic E-state index is 11.8. The van der Waals surface area contributed by atoms with E-state index < -0.39 is 0 Å². The lowest BCUT2D eigenvalue weighted by Gasteiger charge is -2.26. The predicted octanol–water partition coefficient (Wildman–Crippen LogP) is 2.03. The van der Waals surface area contributed by atoms with Crippen LogP contribution in [0.5, 0.6) is 0 Å². The Morgan fingerprint density at radius 1 is 1.18 bits per heavy atom. The number of aromatic nitrogens is 1. The van der Waals surface area contributed by atoms with Gasteiger partial charge in [0.05, 0.1) is 0 Å². The third-order valence-corrected chi connectivity index (χ3v) is 3.53. The van der Waals surface area contributed by atoms with Crippen LogP contribution in [0.4, 0.5) is 0 Å². The fourth-order valence-electron chi connectivity index (χ4n) is 2.48. The van der Waals surface area contributed by atoms with Gasteiger partial charge in [-0.15, -0.1) is 0 Å². The fraction of sp³-hybridized carbons (Fsp3) is 0.643. The average molecular weight is 234 g/mol. The van der Waals surface area contributed by atoms with E-state index in [0.717, 1.165) is 25.1 Å². The van der Waals surface area contributed by atoms with Crippen molar-refractivity contribution in [1.29, 1.82) is 0 Å². The van der Waals surface area contributed by atoms with Gasteiger partial charge in [-0.05, 0) is 51.9 Å². The molecule has 0 radical (unpaired) electrons. The van der Waals surface area contributed by atoms with Gasteiger partial charge in [-0.1, -0.05) is 12.5 Å². The molecule has 17 heavy (non-hydrogen) atoms. The molecule has 1 aliphatic heterocycles. The molecule has 0 aliphatic carbocycles. The molecule has 94 valence electrons. The van der Waals surface area contributed by atoms with Crippen LogP contribution in [0.1, 0.15) is 31.2 Å². The van der Waals surface area contributed by atoms with E-state index in [0.29, 0.717) is 0 Å². The maximum Gasteiger partial charge on any atom is 0.253 e. The number of hydrogen-bond acceptors (Lipinski definition) is 2. The van der Waals surface area contributed by atoms with Crippen LogP contribution in [0.15, 0.2) is 23.1 Å². The largest absolute Gasteiger partial charge is 0.315 e. The quantitative estimate of drug-likeness (QED) is 0.796. The van der Waals surface area contributed by atoms with Gasteiger partial charge < -0.3 is 9.47 Å². The molecule has 3 heteroatoms. The summed E-state index contributed by atoms with van der Waals surface area (Å²) in [7, 11) is 0. The maximum atomic E-state index is 11.8. The van der Waals surface area contributed by atoms with E-state index in [4.69, 9.17) is 0 Å². The summed E-state index contributed by atoms with van der Waals surface area (Å²) in [6.07, 6.45) is 7.03. The van der Waals surface area contributed by atoms with E-state index in [1.54, 1.807) is 0 Å². The number of aryl methyl sites for hydroxylation is 2. The van der Waals surface area contributed by atoms with Gasteiger partial charge in [0.1, 0.15) is 0 Å². The first-order chi connectivity index (χ1) is 8.27. The molecule has 0 unspecified atom stereocenters. The summed E-state index contributed by atoms with van der Waals surface area (Å²) in [4.78, 5) is 14.3. The second-order valence-electron chi connectivity index (χ2n) is 4.95. The summed E-state index contributed by atoms with van der Waals surface area (Å²) in [6.45, 7) is 6.33. The van der Waals surface area contributed by atoms with Crippen molar-refractivity contribution in [2.45, 2.75) is 39.2 Å². The van der Waals surface area contributed by atoms with E-state index in [2.05, 4.69) is 4.90 Å². The van der Waals surface area contributed by atoms with Crippen LogP contribution < -0.4 is 5.56 Å². The lowest BCUT2D eigenvalue weighted by atomic mass is 10.1. The standard InChI is InChI=1S/C14H22N2O/c1-13-7-5-11-16(14(13)17)12-6-10-15-8-3-2-4-9-15/h5,7,11H,2-4,6,8-10,12H2,1H3. The Labute approximate surface area is 103 Å². The number of pyridine rings is 1. The molecule has 0 N–H and O–H groups in total. The Balaban J connectivity index is 1.81. The van der Waals surface area contributed by atoms with Gasteiger partial charge >= 0.3 is 0 Å². The highest BCUT2D eigenvalue weighted by molar-refractivity contribution is 5.07. The van der Waals surface area contributed by atoms with Gasteiger partial charge in [-0.2, -0.15) is 0 Å². The number of hydrogen-bond donors (Lipinski definition) is 0. The van der Waals surface area contributed by atoms with Crippen LogP contribution >= 0.6 is 0 Å². The number of rotatable bonds is 4. The lowest BCUT2D eigenvalue weighted by Crippen LogP contribution is -2.32. The van der Waals surface area contributed by atoms with Crippen LogP contribution in [0.3, 0.4) is 0 Å². The molecule has 0 saturated carbocycles. The van der Waals surface area contributed by atoms with E-state index in [1.165, 1.54) is 32.4 Å². The number of nitrogens with zero attached hydrogens (tertiary/aromatic N) is 2. The predicted molar refractivity (Wildman–Crippen MR) is 70.3 cm³/mol. The van der Waals surface area contributed by atoms with Crippen LogP contribution in [0, 0.1) is 6.92 Å². The lowest BCUT2D eigenvalue weighted by molar-refractivity contribution is 0.222. The molecule has 2 rings (SSSR count). The Kier molecular flexibility index (Phi) is 4.37. The van der Waals surface area contributed by atoms with Gasteiger partial charge in [0.15, 0.2) is 0 Å². The summed E-state index contributed by atoms with van der Waals surface area (Å²) in [5.41, 5.74) is 0.997. The Bertz CT molecular complexity index is 405. The van der Waals surface area contributed by atoms with E-state index >= 15 is 0 Å². The number of likely N-dealkylation sites (tertiary alicyclic amines) is 1. The summed E-state index contributed by atoms with van der Waals surface area (Å²) in [5.74, 6) is 0.